The van der Waals surface area contributed by atoms with Crippen LogP contribution in [0.3, 0.4) is 0 Å². The molecule has 0 rings (SSSR count). The molecule has 0 aromatic rings. The third kappa shape index (κ3) is 58.8. The van der Waals surface area contributed by atoms with Crippen molar-refractivity contribution in [1.82, 2.24) is 0 Å². The first-order valence-electron chi connectivity index (χ1n) is 29.6. The Hall–Kier alpha value is -3.70. The summed E-state index contributed by atoms with van der Waals surface area (Å²) in [6, 6.07) is 0. The third-order valence-electron chi connectivity index (χ3n) is 12.5. The molecule has 1 atom stereocenters. The number of carbonyl (C=O) groups is 2. The van der Waals surface area contributed by atoms with Crippen molar-refractivity contribution in [2.45, 2.75) is 270 Å². The minimum Gasteiger partial charge on any atom is -0.462 e. The highest BCUT2D eigenvalue weighted by molar-refractivity contribution is 5.70. The standard InChI is InChI=1S/C66H110O5/c1-3-5-7-9-11-13-15-17-19-21-23-24-25-26-27-28-29-30-31-32-33-34-35-36-37-38-39-40-41-42-43-45-47-49-51-53-55-57-59-61-66(69)71-64(62-67)63-70-65(68)60-58-56-54-52-50-48-46-44-22-20-18-16-14-12-10-8-6-4-2/h5,7,11,13,17,19,23-24,26-27,29-30,32-33,35-36,38-39,41-42,64,67H,3-4,6,8-10,12,14-16,18,20-22,25,28,31,34,37,40,43-63H2,1-2H3/b7-5-,13-11-,19-17-,24-23-,27-26-,30-29-,33-32-,36-35-,39-38-,42-41-. The zero-order valence-electron chi connectivity index (χ0n) is 46.2. The molecule has 5 nitrogen and oxygen atoms in total. The Labute approximate surface area is 439 Å². The second kappa shape index (κ2) is 60.6. The lowest BCUT2D eigenvalue weighted by molar-refractivity contribution is -0.161. The van der Waals surface area contributed by atoms with Gasteiger partial charge in [-0.25, -0.2) is 0 Å². The number of aliphatic hydroxyl groups excluding tert-OH is 1. The van der Waals surface area contributed by atoms with Gasteiger partial charge in [0.15, 0.2) is 6.10 Å². The molecule has 0 bridgehead atoms. The number of hydrogen-bond donors (Lipinski definition) is 1. The Bertz CT molecular complexity index is 1440. The van der Waals surface area contributed by atoms with Crippen LogP contribution < -0.4 is 0 Å². The smallest absolute Gasteiger partial charge is 0.306 e. The Morgan fingerprint density at radius 3 is 0.915 bits per heavy atom. The number of aliphatic hydroxyl groups is 1. The molecule has 0 aromatic carbocycles. The van der Waals surface area contributed by atoms with Crippen LogP contribution in [0.15, 0.2) is 122 Å². The quantitative estimate of drug-likeness (QED) is 0.0373. The lowest BCUT2D eigenvalue weighted by atomic mass is 10.0. The molecule has 5 heteroatoms. The van der Waals surface area contributed by atoms with E-state index in [4.69, 9.17) is 9.47 Å². The summed E-state index contributed by atoms with van der Waals surface area (Å²) < 4.78 is 10.7. The molecule has 71 heavy (non-hydrogen) atoms. The van der Waals surface area contributed by atoms with E-state index in [1.807, 2.05) is 0 Å². The number of carbonyl (C=O) groups excluding carboxylic acids is 2. The van der Waals surface area contributed by atoms with Gasteiger partial charge in [-0.15, -0.1) is 0 Å². The fourth-order valence-corrected chi connectivity index (χ4v) is 8.11. The molecule has 0 heterocycles. The average Bonchev–Trinajstić information content (AvgIpc) is 3.37. The van der Waals surface area contributed by atoms with E-state index in [-0.39, 0.29) is 25.2 Å². The van der Waals surface area contributed by atoms with Gasteiger partial charge >= 0.3 is 11.9 Å². The average molecular weight is 984 g/mol. The molecule has 1 N–H and O–H groups in total. The summed E-state index contributed by atoms with van der Waals surface area (Å²) in [5.41, 5.74) is 0. The van der Waals surface area contributed by atoms with Gasteiger partial charge < -0.3 is 14.6 Å². The second-order valence-electron chi connectivity index (χ2n) is 19.3. The van der Waals surface area contributed by atoms with Crippen molar-refractivity contribution in [3.8, 4) is 0 Å². The van der Waals surface area contributed by atoms with E-state index >= 15 is 0 Å². The van der Waals surface area contributed by atoms with E-state index in [1.165, 1.54) is 128 Å². The summed E-state index contributed by atoms with van der Waals surface area (Å²) in [5, 5.41) is 9.65. The predicted molar refractivity (Wildman–Crippen MR) is 311 cm³/mol. The summed E-state index contributed by atoms with van der Waals surface area (Å²) in [6.07, 6.45) is 88.9. The molecule has 0 aliphatic rings. The van der Waals surface area contributed by atoms with Crippen LogP contribution in [-0.2, 0) is 19.1 Å². The van der Waals surface area contributed by atoms with E-state index < -0.39 is 6.10 Å². The summed E-state index contributed by atoms with van der Waals surface area (Å²) in [7, 11) is 0. The second-order valence-corrected chi connectivity index (χ2v) is 19.3. The van der Waals surface area contributed by atoms with Gasteiger partial charge in [-0.3, -0.25) is 9.59 Å². The van der Waals surface area contributed by atoms with Crippen molar-refractivity contribution in [2.24, 2.45) is 0 Å². The number of unbranched alkanes of at least 4 members (excludes halogenated alkanes) is 25. The molecule has 0 aromatic heterocycles. The third-order valence-corrected chi connectivity index (χ3v) is 12.5. The van der Waals surface area contributed by atoms with Gasteiger partial charge in [0.25, 0.3) is 0 Å². The Balaban J connectivity index is 3.59. The minimum absolute atomic E-state index is 0.0719. The van der Waals surface area contributed by atoms with E-state index in [2.05, 4.69) is 135 Å². The maximum atomic E-state index is 12.3. The van der Waals surface area contributed by atoms with Gasteiger partial charge in [0, 0.05) is 12.8 Å². The van der Waals surface area contributed by atoms with Crippen molar-refractivity contribution < 1.29 is 24.2 Å². The maximum absolute atomic E-state index is 12.3. The molecule has 0 aliphatic heterocycles. The minimum atomic E-state index is -0.782. The van der Waals surface area contributed by atoms with E-state index in [0.717, 1.165) is 109 Å². The van der Waals surface area contributed by atoms with Crippen molar-refractivity contribution in [1.29, 1.82) is 0 Å². The van der Waals surface area contributed by atoms with Crippen molar-refractivity contribution in [3.63, 3.8) is 0 Å². The van der Waals surface area contributed by atoms with Gasteiger partial charge in [-0.1, -0.05) is 283 Å². The summed E-state index contributed by atoms with van der Waals surface area (Å²) in [5.74, 6) is -0.597. The van der Waals surface area contributed by atoms with E-state index in [0.29, 0.717) is 12.8 Å². The number of rotatable bonds is 53. The number of esters is 2. The molecule has 0 saturated heterocycles. The molecule has 0 saturated carbocycles. The molecular weight excluding hydrogens is 873 g/mol. The van der Waals surface area contributed by atoms with Crippen molar-refractivity contribution in [3.05, 3.63) is 122 Å². The monoisotopic (exact) mass is 983 g/mol. The first-order chi connectivity index (χ1) is 35.1. The first kappa shape index (κ1) is 67.3. The molecule has 0 spiro atoms. The van der Waals surface area contributed by atoms with Crippen LogP contribution in [0.2, 0.25) is 0 Å². The summed E-state index contributed by atoms with van der Waals surface area (Å²) >= 11 is 0. The molecule has 0 fully saturated rings. The van der Waals surface area contributed by atoms with Crippen LogP contribution in [0.1, 0.15) is 264 Å². The largest absolute Gasteiger partial charge is 0.462 e. The maximum Gasteiger partial charge on any atom is 0.306 e. The van der Waals surface area contributed by atoms with Crippen LogP contribution in [0.4, 0.5) is 0 Å². The van der Waals surface area contributed by atoms with Crippen molar-refractivity contribution in [2.75, 3.05) is 13.2 Å². The predicted octanol–water partition coefficient (Wildman–Crippen LogP) is 20.2. The number of hydrogen-bond acceptors (Lipinski definition) is 5. The molecule has 0 radical (unpaired) electrons. The lowest BCUT2D eigenvalue weighted by Crippen LogP contribution is -2.28. The Kier molecular flexibility index (Phi) is 57.4. The van der Waals surface area contributed by atoms with Gasteiger partial charge in [0.05, 0.1) is 6.61 Å². The van der Waals surface area contributed by atoms with Crippen LogP contribution >= 0.6 is 0 Å². The zero-order chi connectivity index (χ0) is 51.3. The topological polar surface area (TPSA) is 72.8 Å². The highest BCUT2D eigenvalue weighted by Gasteiger charge is 2.16. The molecule has 0 aliphatic carbocycles. The normalized spacial score (nSPS) is 13.1. The van der Waals surface area contributed by atoms with Crippen LogP contribution in [0.5, 0.6) is 0 Å². The SMILES string of the molecule is CC/C=C\C/C=C\C/C=C\C/C=C\C/C=C\C/C=C\C/C=C\C/C=C\C/C=C\C/C=C\CCCCCCCCCCC(=O)OC(CO)COC(=O)CCCCCCCCCCCCCCCCCCCC. The van der Waals surface area contributed by atoms with Crippen LogP contribution in [0.25, 0.3) is 0 Å². The fourth-order valence-electron chi connectivity index (χ4n) is 8.11. The molecule has 1 unspecified atom stereocenters. The molecule has 0 amide bonds. The van der Waals surface area contributed by atoms with Crippen LogP contribution in [-0.4, -0.2) is 36.4 Å². The van der Waals surface area contributed by atoms with Crippen molar-refractivity contribution >= 4 is 11.9 Å². The van der Waals surface area contributed by atoms with E-state index in [9.17, 15) is 14.7 Å². The van der Waals surface area contributed by atoms with Gasteiger partial charge in [0.2, 0.25) is 0 Å². The molecule has 404 valence electrons. The number of allylic oxidation sites excluding steroid dienone is 20. The zero-order valence-corrected chi connectivity index (χ0v) is 46.2. The van der Waals surface area contributed by atoms with E-state index in [1.54, 1.807) is 0 Å². The Morgan fingerprint density at radius 2 is 0.606 bits per heavy atom. The number of ether oxygens (including phenoxy) is 2. The Morgan fingerprint density at radius 1 is 0.338 bits per heavy atom. The highest BCUT2D eigenvalue weighted by atomic mass is 16.6. The summed E-state index contributed by atoms with van der Waals surface area (Å²) in [6.45, 7) is 4.04. The molecular formula is C66H110O5. The van der Waals surface area contributed by atoms with Crippen LogP contribution in [0, 0.1) is 0 Å². The highest BCUT2D eigenvalue weighted by Crippen LogP contribution is 2.16. The van der Waals surface area contributed by atoms with Gasteiger partial charge in [0.1, 0.15) is 6.61 Å². The van der Waals surface area contributed by atoms with Gasteiger partial charge in [-0.2, -0.15) is 0 Å². The fraction of sp³-hybridized carbons (Fsp3) is 0.667. The van der Waals surface area contributed by atoms with Gasteiger partial charge in [-0.05, 0) is 89.9 Å². The first-order valence-corrected chi connectivity index (χ1v) is 29.6. The lowest BCUT2D eigenvalue weighted by Gasteiger charge is -2.15. The summed E-state index contributed by atoms with van der Waals surface area (Å²) in [4.78, 5) is 24.5.